The first-order chi connectivity index (χ1) is 9.75. The van der Waals surface area contributed by atoms with E-state index in [1.165, 1.54) is 0 Å². The maximum Gasteiger partial charge on any atom is 0.511 e. The van der Waals surface area contributed by atoms with Gasteiger partial charge in [-0.25, -0.2) is 4.79 Å². The Balaban J connectivity index is 1.83. The Kier molecular flexibility index (Phi) is 5.15. The van der Waals surface area contributed by atoms with E-state index < -0.39 is 6.16 Å². The quantitative estimate of drug-likeness (QED) is 0.496. The van der Waals surface area contributed by atoms with Crippen LogP contribution in [0.3, 0.4) is 0 Å². The van der Waals surface area contributed by atoms with E-state index in [0.717, 1.165) is 11.1 Å². The molecule has 20 heavy (non-hydrogen) atoms. The fourth-order valence-electron chi connectivity index (χ4n) is 1.85. The van der Waals surface area contributed by atoms with Gasteiger partial charge < -0.3 is 14.6 Å². The lowest BCUT2D eigenvalue weighted by Crippen LogP contribution is -2.07. The average Bonchev–Trinajstić information content (AvgIpc) is 2.46. The van der Waals surface area contributed by atoms with E-state index in [-0.39, 0.29) is 0 Å². The number of rotatable bonds is 6. The molecule has 0 unspecified atom stereocenters. The topological polar surface area (TPSA) is 55.8 Å². The maximum atomic E-state index is 10.6. The van der Waals surface area contributed by atoms with E-state index in [2.05, 4.69) is 0 Å². The molecule has 1 N–H and O–H groups in total. The van der Waals surface area contributed by atoms with Crippen molar-refractivity contribution in [1.82, 2.24) is 0 Å². The molecule has 0 aliphatic rings. The third-order valence-electron chi connectivity index (χ3n) is 2.80. The fraction of sp³-hybridized carbons (Fsp3) is 0.188. The molecule has 0 amide bonds. The van der Waals surface area contributed by atoms with Gasteiger partial charge in [-0.15, -0.1) is 0 Å². The first-order valence-corrected chi connectivity index (χ1v) is 6.36. The normalized spacial score (nSPS) is 10.2. The van der Waals surface area contributed by atoms with Crippen molar-refractivity contribution in [2.24, 2.45) is 0 Å². The van der Waals surface area contributed by atoms with Gasteiger partial charge in [0.05, 0.1) is 13.2 Å². The minimum absolute atomic E-state index is 0.364. The van der Waals surface area contributed by atoms with Crippen LogP contribution in [0.5, 0.6) is 5.75 Å². The first kappa shape index (κ1) is 14.1. The molecule has 0 atom stereocenters. The van der Waals surface area contributed by atoms with E-state index in [1.54, 1.807) is 12.1 Å². The van der Waals surface area contributed by atoms with Gasteiger partial charge >= 0.3 is 6.16 Å². The minimum atomic E-state index is -1.30. The van der Waals surface area contributed by atoms with Crippen LogP contribution in [0, 0.1) is 0 Å². The lowest BCUT2D eigenvalue weighted by atomic mass is 10.1. The van der Waals surface area contributed by atoms with Crippen molar-refractivity contribution in [1.29, 1.82) is 0 Å². The van der Waals surface area contributed by atoms with E-state index in [9.17, 15) is 4.79 Å². The summed E-state index contributed by atoms with van der Waals surface area (Å²) in [7, 11) is 0. The number of hydrogen-bond acceptors (Lipinski definition) is 3. The predicted molar refractivity (Wildman–Crippen MR) is 74.9 cm³/mol. The number of ether oxygens (including phenoxy) is 2. The van der Waals surface area contributed by atoms with E-state index in [0.29, 0.717) is 25.4 Å². The molecular weight excluding hydrogens is 256 g/mol. The van der Waals surface area contributed by atoms with Crippen LogP contribution in [0.1, 0.15) is 11.1 Å². The van der Waals surface area contributed by atoms with Crippen LogP contribution in [0.4, 0.5) is 4.79 Å². The number of hydrogen-bond donors (Lipinski definition) is 1. The van der Waals surface area contributed by atoms with E-state index in [1.807, 2.05) is 42.5 Å². The van der Waals surface area contributed by atoms with Crippen molar-refractivity contribution >= 4 is 6.16 Å². The highest BCUT2D eigenvalue weighted by Gasteiger charge is 2.06. The summed E-state index contributed by atoms with van der Waals surface area (Å²) in [6, 6.07) is 17.0. The third kappa shape index (κ3) is 4.40. The lowest BCUT2D eigenvalue weighted by molar-refractivity contribution is 0.122. The number of para-hydroxylation sites is 1. The molecule has 0 spiro atoms. The summed E-state index contributed by atoms with van der Waals surface area (Å²) in [6.07, 6.45) is -0.696. The van der Waals surface area contributed by atoms with E-state index in [4.69, 9.17) is 14.6 Å². The summed E-state index contributed by atoms with van der Waals surface area (Å²) in [5, 5.41) is 8.66. The molecule has 2 rings (SSSR count). The minimum Gasteiger partial charge on any atom is -0.449 e. The summed E-state index contributed by atoms with van der Waals surface area (Å²) in [5.41, 5.74) is 1.94. The molecule has 0 heterocycles. The summed E-state index contributed by atoms with van der Waals surface area (Å²) >= 11 is 0. The van der Waals surface area contributed by atoms with Gasteiger partial charge in [-0.05, 0) is 23.6 Å². The zero-order valence-electron chi connectivity index (χ0n) is 11.0. The van der Waals surface area contributed by atoms with Crippen molar-refractivity contribution in [3.63, 3.8) is 0 Å². The number of benzene rings is 2. The van der Waals surface area contributed by atoms with Crippen molar-refractivity contribution in [3.05, 3.63) is 65.7 Å². The van der Waals surface area contributed by atoms with Gasteiger partial charge in [0.15, 0.2) is 0 Å². The van der Waals surface area contributed by atoms with Gasteiger partial charge in [0.2, 0.25) is 0 Å². The van der Waals surface area contributed by atoms with Crippen LogP contribution in [0.25, 0.3) is 0 Å². The second-order valence-electron chi connectivity index (χ2n) is 4.26. The van der Waals surface area contributed by atoms with Crippen molar-refractivity contribution < 1.29 is 19.4 Å². The second-order valence-corrected chi connectivity index (χ2v) is 4.26. The highest BCUT2D eigenvalue weighted by molar-refractivity contribution is 5.62. The van der Waals surface area contributed by atoms with Crippen molar-refractivity contribution in [3.8, 4) is 5.75 Å². The Morgan fingerprint density at radius 1 is 1.00 bits per heavy atom. The first-order valence-electron chi connectivity index (χ1n) is 6.36. The zero-order chi connectivity index (χ0) is 14.2. The molecule has 0 aliphatic heterocycles. The van der Waals surface area contributed by atoms with Crippen LogP contribution in [-0.4, -0.2) is 17.9 Å². The lowest BCUT2D eigenvalue weighted by Gasteiger charge is -2.08. The average molecular weight is 272 g/mol. The van der Waals surface area contributed by atoms with Crippen LogP contribution >= 0.6 is 0 Å². The van der Waals surface area contributed by atoms with Gasteiger partial charge in [0, 0.05) is 0 Å². The zero-order valence-corrected chi connectivity index (χ0v) is 11.0. The molecule has 0 bridgehead atoms. The molecule has 0 saturated heterocycles. The molecule has 104 valence electrons. The maximum absolute atomic E-state index is 10.6. The molecule has 4 nitrogen and oxygen atoms in total. The number of carbonyl (C=O) groups is 1. The Labute approximate surface area is 117 Å². The van der Waals surface area contributed by atoms with Crippen molar-refractivity contribution in [2.45, 2.75) is 13.0 Å². The molecule has 0 aromatic heterocycles. The second kappa shape index (κ2) is 7.31. The van der Waals surface area contributed by atoms with Crippen LogP contribution < -0.4 is 4.74 Å². The Bertz CT molecular complexity index is 551. The van der Waals surface area contributed by atoms with Gasteiger partial charge in [0.1, 0.15) is 5.75 Å². The van der Waals surface area contributed by atoms with Gasteiger partial charge in [-0.3, -0.25) is 0 Å². The SMILES string of the molecule is O=C(O)Oc1ccccc1CCOCc1ccccc1. The standard InChI is InChI=1S/C16H16O4/c17-16(18)20-15-9-5-4-8-14(15)10-11-19-12-13-6-2-1-3-7-13/h1-9H,10-12H2,(H,17,18). The highest BCUT2D eigenvalue weighted by atomic mass is 16.7. The third-order valence-corrected chi connectivity index (χ3v) is 2.80. The Morgan fingerprint density at radius 2 is 1.70 bits per heavy atom. The predicted octanol–water partition coefficient (Wildman–Crippen LogP) is 3.50. The summed E-state index contributed by atoms with van der Waals surface area (Å²) in [5.74, 6) is 0.364. The molecule has 0 aliphatic carbocycles. The molecular formula is C16H16O4. The molecule has 0 fully saturated rings. The summed E-state index contributed by atoms with van der Waals surface area (Å²) < 4.78 is 10.3. The molecule has 0 radical (unpaired) electrons. The molecule has 2 aromatic carbocycles. The van der Waals surface area contributed by atoms with Crippen LogP contribution in [0.2, 0.25) is 0 Å². The Hall–Kier alpha value is -2.33. The monoisotopic (exact) mass is 272 g/mol. The van der Waals surface area contributed by atoms with Crippen LogP contribution in [0.15, 0.2) is 54.6 Å². The van der Waals surface area contributed by atoms with E-state index >= 15 is 0 Å². The van der Waals surface area contributed by atoms with Crippen molar-refractivity contribution in [2.75, 3.05) is 6.61 Å². The smallest absolute Gasteiger partial charge is 0.449 e. The molecule has 0 saturated carbocycles. The molecule has 2 aromatic rings. The van der Waals surface area contributed by atoms with Gasteiger partial charge in [-0.2, -0.15) is 0 Å². The fourth-order valence-corrected chi connectivity index (χ4v) is 1.85. The summed E-state index contributed by atoms with van der Waals surface area (Å²) in [4.78, 5) is 10.6. The van der Waals surface area contributed by atoms with Gasteiger partial charge in [0.25, 0.3) is 0 Å². The highest BCUT2D eigenvalue weighted by Crippen LogP contribution is 2.18. The van der Waals surface area contributed by atoms with Crippen LogP contribution in [-0.2, 0) is 17.8 Å². The number of carboxylic acid groups (broad SMARTS) is 1. The Morgan fingerprint density at radius 3 is 2.45 bits per heavy atom. The summed E-state index contributed by atoms with van der Waals surface area (Å²) in [6.45, 7) is 1.05. The molecule has 4 heteroatoms. The van der Waals surface area contributed by atoms with Gasteiger partial charge in [-0.1, -0.05) is 48.5 Å². The largest absolute Gasteiger partial charge is 0.511 e.